The number of ether oxygens (including phenoxy) is 3. The molecule has 0 spiro atoms. The van der Waals surface area contributed by atoms with Gasteiger partial charge in [-0.05, 0) is 54.0 Å². The maximum Gasteiger partial charge on any atom is 0.338 e. The van der Waals surface area contributed by atoms with Crippen molar-refractivity contribution in [2.24, 2.45) is 4.99 Å². The molecule has 1 unspecified atom stereocenters. The Morgan fingerprint density at radius 3 is 2.59 bits per heavy atom. The standard InChI is InChI=1S/C32H28N2O6S/c1-4-16-39-31(37)28-20(2)33-32-34(30(36)27(41-32)18-22-10-15-25(35)26(17-22)38-3)29(28)23-11-13-24(14-12-23)40-19-21-8-6-5-7-9-21/h4-15,17-18,29,35H,1,16,19H2,2-3H3/b27-18-. The summed E-state index contributed by atoms with van der Waals surface area (Å²) < 4.78 is 18.5. The molecule has 208 valence electrons. The first-order valence-corrected chi connectivity index (χ1v) is 13.7. The molecule has 0 aliphatic carbocycles. The van der Waals surface area contributed by atoms with E-state index >= 15 is 0 Å². The Kier molecular flexibility index (Phi) is 8.16. The quantitative estimate of drug-likeness (QED) is 0.239. The SMILES string of the molecule is C=CCOC(=O)C1=C(C)N=c2s/c(=C\c3ccc(O)c(OC)c3)c(=O)n2C1c1ccc(OCc2ccccc2)cc1. The number of phenols is 1. The number of methoxy groups -OCH3 is 1. The summed E-state index contributed by atoms with van der Waals surface area (Å²) in [5.74, 6) is 0.378. The normalized spacial score (nSPS) is 14.7. The van der Waals surface area contributed by atoms with Crippen LogP contribution in [0.5, 0.6) is 17.2 Å². The van der Waals surface area contributed by atoms with Crippen LogP contribution < -0.4 is 24.4 Å². The number of nitrogens with zero attached hydrogens (tertiary/aromatic N) is 2. The highest BCUT2D eigenvalue weighted by molar-refractivity contribution is 7.07. The zero-order valence-electron chi connectivity index (χ0n) is 22.6. The summed E-state index contributed by atoms with van der Waals surface area (Å²) in [5.41, 5.74) is 2.85. The lowest BCUT2D eigenvalue weighted by Crippen LogP contribution is -2.39. The largest absolute Gasteiger partial charge is 0.504 e. The molecule has 1 aromatic heterocycles. The lowest BCUT2D eigenvalue weighted by atomic mass is 9.96. The number of benzene rings is 3. The van der Waals surface area contributed by atoms with Crippen molar-refractivity contribution in [1.29, 1.82) is 0 Å². The molecule has 1 N–H and O–H groups in total. The number of esters is 1. The van der Waals surface area contributed by atoms with E-state index in [1.165, 1.54) is 35.2 Å². The second-order valence-electron chi connectivity index (χ2n) is 9.24. The van der Waals surface area contributed by atoms with Crippen molar-refractivity contribution >= 4 is 23.4 Å². The van der Waals surface area contributed by atoms with E-state index in [0.29, 0.717) is 44.3 Å². The Morgan fingerprint density at radius 1 is 1.12 bits per heavy atom. The molecular weight excluding hydrogens is 540 g/mol. The maximum atomic E-state index is 13.8. The van der Waals surface area contributed by atoms with Crippen molar-refractivity contribution < 1.29 is 24.1 Å². The molecule has 0 saturated heterocycles. The lowest BCUT2D eigenvalue weighted by molar-refractivity contribution is -0.138. The van der Waals surface area contributed by atoms with E-state index in [-0.39, 0.29) is 23.5 Å². The molecular formula is C32H28N2O6S. The third-order valence-corrected chi connectivity index (χ3v) is 7.50. The summed E-state index contributed by atoms with van der Waals surface area (Å²) in [6.45, 7) is 5.80. The van der Waals surface area contributed by atoms with E-state index in [1.807, 2.05) is 54.6 Å². The van der Waals surface area contributed by atoms with E-state index in [1.54, 1.807) is 25.1 Å². The number of fused-ring (bicyclic) bond motifs is 1. The number of thiazole rings is 1. The van der Waals surface area contributed by atoms with Gasteiger partial charge in [0.2, 0.25) is 0 Å². The Hall–Kier alpha value is -4.89. The van der Waals surface area contributed by atoms with Gasteiger partial charge in [0.15, 0.2) is 16.3 Å². The van der Waals surface area contributed by atoms with E-state index in [2.05, 4.69) is 11.6 Å². The highest BCUT2D eigenvalue weighted by Gasteiger charge is 2.33. The number of carbonyl (C=O) groups excluding carboxylic acids is 1. The van der Waals surface area contributed by atoms with Crippen LogP contribution >= 0.6 is 11.3 Å². The van der Waals surface area contributed by atoms with Crippen LogP contribution in [0.25, 0.3) is 6.08 Å². The van der Waals surface area contributed by atoms with Crippen LogP contribution in [0, 0.1) is 0 Å². The average molecular weight is 569 g/mol. The molecule has 0 radical (unpaired) electrons. The fraction of sp³-hybridized carbons (Fsp3) is 0.156. The number of phenolic OH excluding ortho intramolecular Hbond substituents is 1. The van der Waals surface area contributed by atoms with Gasteiger partial charge < -0.3 is 19.3 Å². The van der Waals surface area contributed by atoms with Gasteiger partial charge in [-0.3, -0.25) is 9.36 Å². The van der Waals surface area contributed by atoms with Crippen molar-refractivity contribution in [3.05, 3.63) is 133 Å². The third-order valence-electron chi connectivity index (χ3n) is 6.52. The number of hydrogen-bond acceptors (Lipinski definition) is 8. The van der Waals surface area contributed by atoms with Gasteiger partial charge in [0, 0.05) is 0 Å². The van der Waals surface area contributed by atoms with Gasteiger partial charge in [-0.25, -0.2) is 9.79 Å². The van der Waals surface area contributed by atoms with Crippen LogP contribution in [-0.4, -0.2) is 29.4 Å². The van der Waals surface area contributed by atoms with Gasteiger partial charge in [0.25, 0.3) is 5.56 Å². The van der Waals surface area contributed by atoms with E-state index < -0.39 is 12.0 Å². The van der Waals surface area contributed by atoms with Crippen LogP contribution in [0.1, 0.15) is 29.7 Å². The fourth-order valence-electron chi connectivity index (χ4n) is 4.53. The molecule has 0 amide bonds. The number of allylic oxidation sites excluding steroid dienone is 1. The predicted molar refractivity (Wildman–Crippen MR) is 157 cm³/mol. The Morgan fingerprint density at radius 2 is 1.88 bits per heavy atom. The number of aromatic nitrogens is 1. The van der Waals surface area contributed by atoms with Gasteiger partial charge >= 0.3 is 5.97 Å². The number of carbonyl (C=O) groups is 1. The first-order valence-electron chi connectivity index (χ1n) is 12.8. The van der Waals surface area contributed by atoms with Crippen LogP contribution in [0.4, 0.5) is 0 Å². The van der Waals surface area contributed by atoms with Crippen LogP contribution in [0.15, 0.2) is 107 Å². The molecule has 41 heavy (non-hydrogen) atoms. The van der Waals surface area contributed by atoms with Crippen molar-refractivity contribution in [3.8, 4) is 17.2 Å². The van der Waals surface area contributed by atoms with Gasteiger partial charge in [0.1, 0.15) is 19.0 Å². The van der Waals surface area contributed by atoms with E-state index in [0.717, 1.165) is 5.56 Å². The van der Waals surface area contributed by atoms with E-state index in [4.69, 9.17) is 14.2 Å². The number of hydrogen-bond donors (Lipinski definition) is 1. The fourth-order valence-corrected chi connectivity index (χ4v) is 5.58. The highest BCUT2D eigenvalue weighted by Crippen LogP contribution is 2.32. The minimum atomic E-state index is -0.761. The summed E-state index contributed by atoms with van der Waals surface area (Å²) in [7, 11) is 1.46. The molecule has 9 heteroatoms. The minimum absolute atomic E-state index is 0.000563. The molecule has 3 aromatic carbocycles. The Labute approximate surface area is 240 Å². The van der Waals surface area contributed by atoms with Gasteiger partial charge in [0.05, 0.1) is 29.0 Å². The molecule has 5 rings (SSSR count). The number of rotatable bonds is 9. The van der Waals surface area contributed by atoms with Gasteiger partial charge in [-0.1, -0.05) is 72.5 Å². The second-order valence-corrected chi connectivity index (χ2v) is 10.3. The van der Waals surface area contributed by atoms with Crippen molar-refractivity contribution in [2.45, 2.75) is 19.6 Å². The summed E-state index contributed by atoms with van der Waals surface area (Å²) in [6.07, 6.45) is 3.20. The first-order chi connectivity index (χ1) is 19.9. The summed E-state index contributed by atoms with van der Waals surface area (Å²) in [6, 6.07) is 21.2. The zero-order valence-corrected chi connectivity index (χ0v) is 23.4. The number of aromatic hydroxyl groups is 1. The zero-order chi connectivity index (χ0) is 28.9. The topological polar surface area (TPSA) is 99.4 Å². The van der Waals surface area contributed by atoms with Crippen molar-refractivity contribution in [1.82, 2.24) is 4.57 Å². The smallest absolute Gasteiger partial charge is 0.338 e. The Bertz CT molecular complexity index is 1800. The van der Waals surface area contributed by atoms with Crippen LogP contribution in [0.2, 0.25) is 0 Å². The van der Waals surface area contributed by atoms with Gasteiger partial charge in [-0.15, -0.1) is 0 Å². The summed E-state index contributed by atoms with van der Waals surface area (Å²) >= 11 is 1.21. The minimum Gasteiger partial charge on any atom is -0.504 e. The summed E-state index contributed by atoms with van der Waals surface area (Å²) in [4.78, 5) is 32.1. The molecule has 2 heterocycles. The van der Waals surface area contributed by atoms with Crippen molar-refractivity contribution in [3.63, 3.8) is 0 Å². The van der Waals surface area contributed by atoms with E-state index in [9.17, 15) is 14.7 Å². The molecule has 1 aliphatic heterocycles. The summed E-state index contributed by atoms with van der Waals surface area (Å²) in [5, 5.41) is 9.95. The van der Waals surface area contributed by atoms with Crippen molar-refractivity contribution in [2.75, 3.05) is 13.7 Å². The maximum absolute atomic E-state index is 13.8. The molecule has 8 nitrogen and oxygen atoms in total. The van der Waals surface area contributed by atoms with Gasteiger partial charge in [-0.2, -0.15) is 0 Å². The molecule has 1 aliphatic rings. The predicted octanol–water partition coefficient (Wildman–Crippen LogP) is 4.26. The van der Waals surface area contributed by atoms with Crippen LogP contribution in [-0.2, 0) is 16.1 Å². The molecule has 1 atom stereocenters. The third kappa shape index (κ3) is 5.85. The molecule has 0 saturated carbocycles. The second kappa shape index (κ2) is 12.1. The first kappa shape index (κ1) is 27.7. The monoisotopic (exact) mass is 568 g/mol. The molecule has 0 fully saturated rings. The molecule has 4 aromatic rings. The lowest BCUT2D eigenvalue weighted by Gasteiger charge is -2.24. The Balaban J connectivity index is 1.57. The average Bonchev–Trinajstić information content (AvgIpc) is 3.29. The molecule has 0 bridgehead atoms. The highest BCUT2D eigenvalue weighted by atomic mass is 32.1. The van der Waals surface area contributed by atoms with Crippen LogP contribution in [0.3, 0.4) is 0 Å².